The Morgan fingerprint density at radius 3 is 1.95 bits per heavy atom. The average Bonchev–Trinajstić information content (AvgIpc) is 2.94. The number of benzene rings is 2. The molecule has 0 spiro atoms. The van der Waals surface area contributed by atoms with E-state index in [-0.39, 0.29) is 11.5 Å². The van der Waals surface area contributed by atoms with E-state index in [9.17, 15) is 19.5 Å². The zero-order valence-corrected chi connectivity index (χ0v) is 23.3. The van der Waals surface area contributed by atoms with Crippen LogP contribution in [0.1, 0.15) is 66.9 Å². The molecule has 9 heteroatoms. The van der Waals surface area contributed by atoms with Crippen LogP contribution in [-0.2, 0) is 9.59 Å². The molecule has 4 fully saturated rings. The van der Waals surface area contributed by atoms with Gasteiger partial charge in [-0.1, -0.05) is 11.8 Å². The second-order valence-corrected chi connectivity index (χ2v) is 12.1. The number of aliphatic hydroxyl groups excluding tert-OH is 1. The number of aliphatic hydroxyl groups is 1. The van der Waals surface area contributed by atoms with E-state index in [0.29, 0.717) is 17.5 Å². The topological polar surface area (TPSA) is 140 Å². The fourth-order valence-corrected chi connectivity index (χ4v) is 7.34. The van der Waals surface area contributed by atoms with E-state index in [1.165, 1.54) is 50.9 Å². The minimum Gasteiger partial charge on any atom is -0.391 e. The maximum Gasteiger partial charge on any atom is 0.268 e. The summed E-state index contributed by atoms with van der Waals surface area (Å²) in [5, 5.41) is 27.3. The summed E-state index contributed by atoms with van der Waals surface area (Å²) in [6, 6.07) is 12.5. The quantitative estimate of drug-likeness (QED) is 0.159. The molecule has 0 aliphatic heterocycles. The highest BCUT2D eigenvalue weighted by Crippen LogP contribution is 2.59. The average molecular weight is 559 g/mol. The number of carbonyl (C=O) groups is 3. The molecule has 2 atom stereocenters. The molecule has 0 saturated heterocycles. The van der Waals surface area contributed by atoms with Crippen LogP contribution < -0.4 is 21.4 Å². The maximum atomic E-state index is 12.5. The van der Waals surface area contributed by atoms with Crippen molar-refractivity contribution >= 4 is 23.4 Å². The molecule has 0 unspecified atom stereocenters. The van der Waals surface area contributed by atoms with Gasteiger partial charge < -0.3 is 21.1 Å². The van der Waals surface area contributed by atoms with Crippen molar-refractivity contribution in [3.63, 3.8) is 0 Å². The molecule has 3 amide bonds. The predicted molar refractivity (Wildman–Crippen MR) is 154 cm³/mol. The van der Waals surface area contributed by atoms with Gasteiger partial charge in [-0.3, -0.25) is 19.6 Å². The molecule has 0 aromatic heterocycles. The van der Waals surface area contributed by atoms with Crippen LogP contribution in [0.4, 0.5) is 5.69 Å². The number of hydrogen-bond donors (Lipinski definition) is 6. The maximum absolute atomic E-state index is 12.5. The molecule has 4 bridgehead atoms. The molecule has 9 nitrogen and oxygen atoms in total. The van der Waals surface area contributed by atoms with Crippen molar-refractivity contribution in [3.8, 4) is 11.8 Å². The first-order valence-electron chi connectivity index (χ1n) is 14.4. The second-order valence-electron chi connectivity index (χ2n) is 12.1. The minimum absolute atomic E-state index is 0.0468. The van der Waals surface area contributed by atoms with Crippen LogP contribution in [-0.4, -0.2) is 53.3 Å². The summed E-state index contributed by atoms with van der Waals surface area (Å²) in [5.41, 5.74) is 4.29. The summed E-state index contributed by atoms with van der Waals surface area (Å²) in [4.78, 5) is 36.6. The lowest BCUT2D eigenvalue weighted by Gasteiger charge is -2.57. The molecule has 2 aromatic carbocycles. The van der Waals surface area contributed by atoms with Gasteiger partial charge in [0, 0.05) is 28.9 Å². The largest absolute Gasteiger partial charge is 0.391 e. The standard InChI is InChI=1S/C32H38N4O5/c1-20(37)29(31(40)36-41)35-30(39)26-8-4-21(5-9-26)2-3-22-6-10-27(11-7-22)34-28(38)18-33-19-32-15-23-12-24(16-32)14-25(13-23)17-32/h4-11,20,23-25,29,33,37,41H,12-19H2,1H3,(H,34,38)(H,35,39)(H,36,40)/t20-,23?,24?,25?,29+,32?/m1/s1. The Labute approximate surface area is 240 Å². The fourth-order valence-electron chi connectivity index (χ4n) is 7.34. The Morgan fingerprint density at radius 1 is 0.902 bits per heavy atom. The van der Waals surface area contributed by atoms with Crippen LogP contribution in [0.15, 0.2) is 48.5 Å². The van der Waals surface area contributed by atoms with Crippen molar-refractivity contribution in [2.24, 2.45) is 23.2 Å². The Balaban J connectivity index is 1.08. The van der Waals surface area contributed by atoms with Crippen LogP contribution in [0.5, 0.6) is 0 Å². The Kier molecular flexibility index (Phi) is 8.74. The Morgan fingerprint density at radius 2 is 1.44 bits per heavy atom. The molecular formula is C32H38N4O5. The molecule has 6 N–H and O–H groups in total. The fraction of sp³-hybridized carbons (Fsp3) is 0.469. The van der Waals surface area contributed by atoms with E-state index in [1.807, 2.05) is 24.3 Å². The van der Waals surface area contributed by atoms with Gasteiger partial charge >= 0.3 is 0 Å². The molecule has 4 aliphatic rings. The monoisotopic (exact) mass is 558 g/mol. The number of anilines is 1. The van der Waals surface area contributed by atoms with Crippen molar-refractivity contribution in [2.45, 2.75) is 57.6 Å². The smallest absolute Gasteiger partial charge is 0.268 e. The molecule has 0 heterocycles. The van der Waals surface area contributed by atoms with Crippen LogP contribution in [0, 0.1) is 35.0 Å². The van der Waals surface area contributed by atoms with Crippen molar-refractivity contribution < 1.29 is 24.7 Å². The lowest BCUT2D eigenvalue weighted by molar-refractivity contribution is -0.133. The number of rotatable bonds is 9. The molecule has 0 radical (unpaired) electrons. The third kappa shape index (κ3) is 7.14. The van der Waals surface area contributed by atoms with E-state index in [1.54, 1.807) is 24.3 Å². The normalized spacial score (nSPS) is 25.4. The van der Waals surface area contributed by atoms with E-state index in [0.717, 1.165) is 35.5 Å². The number of hydroxylamine groups is 1. The number of carbonyl (C=O) groups excluding carboxylic acids is 3. The third-order valence-corrected chi connectivity index (χ3v) is 8.78. The van der Waals surface area contributed by atoms with Crippen molar-refractivity contribution in [3.05, 3.63) is 65.2 Å². The number of nitrogens with one attached hydrogen (secondary N) is 4. The van der Waals surface area contributed by atoms with Gasteiger partial charge in [0.15, 0.2) is 0 Å². The van der Waals surface area contributed by atoms with Gasteiger partial charge in [-0.2, -0.15) is 0 Å². The van der Waals surface area contributed by atoms with Crippen molar-refractivity contribution in [1.29, 1.82) is 0 Å². The van der Waals surface area contributed by atoms with E-state index in [4.69, 9.17) is 5.21 Å². The van der Waals surface area contributed by atoms with Crippen LogP contribution in [0.2, 0.25) is 0 Å². The van der Waals surface area contributed by atoms with Gasteiger partial charge in [0.25, 0.3) is 11.8 Å². The molecule has 4 aliphatic carbocycles. The van der Waals surface area contributed by atoms with Gasteiger partial charge in [0.1, 0.15) is 6.04 Å². The van der Waals surface area contributed by atoms with E-state index in [2.05, 4.69) is 27.8 Å². The summed E-state index contributed by atoms with van der Waals surface area (Å²) in [6.45, 7) is 2.58. The highest BCUT2D eigenvalue weighted by Gasteiger charge is 2.50. The zero-order chi connectivity index (χ0) is 29.0. The van der Waals surface area contributed by atoms with Crippen molar-refractivity contribution in [1.82, 2.24) is 16.1 Å². The summed E-state index contributed by atoms with van der Waals surface area (Å²) in [6.07, 6.45) is 7.05. The number of hydrogen-bond acceptors (Lipinski definition) is 6. The summed E-state index contributed by atoms with van der Waals surface area (Å²) in [5.74, 6) is 7.30. The highest BCUT2D eigenvalue weighted by molar-refractivity contribution is 5.97. The molecule has 216 valence electrons. The van der Waals surface area contributed by atoms with Crippen LogP contribution in [0.3, 0.4) is 0 Å². The van der Waals surface area contributed by atoms with Crippen LogP contribution in [0.25, 0.3) is 0 Å². The lowest BCUT2D eigenvalue weighted by atomic mass is 9.49. The van der Waals surface area contributed by atoms with Gasteiger partial charge in [-0.05, 0) is 117 Å². The highest BCUT2D eigenvalue weighted by atomic mass is 16.5. The second kappa shape index (κ2) is 12.4. The van der Waals surface area contributed by atoms with Gasteiger partial charge in [-0.15, -0.1) is 0 Å². The Hall–Kier alpha value is -3.71. The van der Waals surface area contributed by atoms with Gasteiger partial charge in [0.2, 0.25) is 5.91 Å². The lowest BCUT2D eigenvalue weighted by Crippen LogP contribution is -2.51. The molecular weight excluding hydrogens is 520 g/mol. The molecule has 4 saturated carbocycles. The Bertz CT molecular complexity index is 1290. The summed E-state index contributed by atoms with van der Waals surface area (Å²) >= 11 is 0. The first-order chi connectivity index (χ1) is 19.7. The first kappa shape index (κ1) is 28.8. The predicted octanol–water partition coefficient (Wildman–Crippen LogP) is 2.82. The molecule has 6 rings (SSSR count). The molecule has 2 aromatic rings. The van der Waals surface area contributed by atoms with Crippen LogP contribution >= 0.6 is 0 Å². The first-order valence-corrected chi connectivity index (χ1v) is 14.4. The third-order valence-electron chi connectivity index (χ3n) is 8.78. The summed E-state index contributed by atoms with van der Waals surface area (Å²) in [7, 11) is 0. The zero-order valence-electron chi connectivity index (χ0n) is 23.3. The number of amides is 3. The van der Waals surface area contributed by atoms with Crippen molar-refractivity contribution in [2.75, 3.05) is 18.4 Å². The summed E-state index contributed by atoms with van der Waals surface area (Å²) < 4.78 is 0. The van der Waals surface area contributed by atoms with E-state index >= 15 is 0 Å². The van der Waals surface area contributed by atoms with Gasteiger partial charge in [-0.25, -0.2) is 5.48 Å². The molecule has 41 heavy (non-hydrogen) atoms. The minimum atomic E-state index is -1.29. The van der Waals surface area contributed by atoms with Gasteiger partial charge in [0.05, 0.1) is 12.6 Å². The SMILES string of the molecule is C[C@@H](O)[C@H](NC(=O)c1ccc(C#Cc2ccc(NC(=O)CNCC34CC5CC(CC(C5)C3)C4)cc2)cc1)C(=O)NO. The van der Waals surface area contributed by atoms with E-state index < -0.39 is 24.0 Å².